The number of halogens is 1. The lowest BCUT2D eigenvalue weighted by Crippen LogP contribution is -2.07. The van der Waals surface area contributed by atoms with Gasteiger partial charge in [0, 0.05) is 34.2 Å². The highest BCUT2D eigenvalue weighted by Gasteiger charge is 2.16. The van der Waals surface area contributed by atoms with Crippen LogP contribution in [0.1, 0.15) is 23.1 Å². The molecule has 1 aromatic heterocycles. The van der Waals surface area contributed by atoms with E-state index in [2.05, 4.69) is 10.2 Å². The van der Waals surface area contributed by atoms with E-state index in [1.54, 1.807) is 24.3 Å². The van der Waals surface area contributed by atoms with Crippen LogP contribution in [0.15, 0.2) is 52.5 Å². The van der Waals surface area contributed by atoms with Crippen molar-refractivity contribution in [3.8, 4) is 5.75 Å². The molecule has 0 unspecified atom stereocenters. The molecule has 2 aromatic carbocycles. The number of carbonyl (C=O) groups is 1. The summed E-state index contributed by atoms with van der Waals surface area (Å²) in [6.07, 6.45) is 0.590. The number of aromatic nitrogens is 3. The number of non-ortho nitro benzene ring substituents is 1. The number of nitrogens with zero attached hydrogens (tertiary/aromatic N) is 4. The Balaban J connectivity index is 1.79. The van der Waals surface area contributed by atoms with Gasteiger partial charge in [-0.25, -0.2) is 0 Å². The van der Waals surface area contributed by atoms with E-state index in [0.717, 1.165) is 0 Å². The van der Waals surface area contributed by atoms with Crippen LogP contribution in [-0.4, -0.2) is 26.0 Å². The monoisotopic (exact) mass is 418 g/mol. The average molecular weight is 419 g/mol. The first-order chi connectivity index (χ1) is 13.5. The van der Waals surface area contributed by atoms with Crippen LogP contribution >= 0.6 is 23.4 Å². The zero-order valence-corrected chi connectivity index (χ0v) is 16.3. The molecule has 3 rings (SSSR count). The second kappa shape index (κ2) is 8.85. The van der Waals surface area contributed by atoms with E-state index >= 15 is 0 Å². The average Bonchev–Trinajstić information content (AvgIpc) is 3.09. The topological polar surface area (TPSA) is 100 Å². The second-order valence-electron chi connectivity index (χ2n) is 5.58. The molecule has 1 heterocycles. The van der Waals surface area contributed by atoms with E-state index in [1.807, 2.05) is 11.5 Å². The first-order valence-electron chi connectivity index (χ1n) is 8.23. The molecule has 0 saturated heterocycles. The molecular formula is C18H15ClN4O4S. The van der Waals surface area contributed by atoms with E-state index < -0.39 is 4.92 Å². The summed E-state index contributed by atoms with van der Waals surface area (Å²) in [6.45, 7) is 2.75. The van der Waals surface area contributed by atoms with Gasteiger partial charge in [-0.1, -0.05) is 11.6 Å². The number of nitro groups is 1. The van der Waals surface area contributed by atoms with Crippen molar-refractivity contribution >= 4 is 35.3 Å². The molecule has 3 aromatic rings. The Labute approximate surface area is 169 Å². The predicted molar refractivity (Wildman–Crippen MR) is 104 cm³/mol. The summed E-state index contributed by atoms with van der Waals surface area (Å²) >= 11 is 7.08. The lowest BCUT2D eigenvalue weighted by molar-refractivity contribution is -0.384. The fraction of sp³-hybridized carbons (Fsp3) is 0.167. The summed E-state index contributed by atoms with van der Waals surface area (Å²) < 4.78 is 7.58. The fourth-order valence-electron chi connectivity index (χ4n) is 2.43. The molecule has 0 aliphatic rings. The van der Waals surface area contributed by atoms with Gasteiger partial charge in [0.15, 0.2) is 17.3 Å². The highest BCUT2D eigenvalue weighted by molar-refractivity contribution is 7.99. The Kier molecular flexibility index (Phi) is 6.27. The highest BCUT2D eigenvalue weighted by atomic mass is 35.5. The number of ether oxygens (including phenoxy) is 1. The van der Waals surface area contributed by atoms with Crippen molar-refractivity contribution in [2.75, 3.05) is 0 Å². The standard InChI is InChI=1S/C18H15ClN4O4S/c1-2-22-17(11-27-15-6-3-13(19)4-7-15)20-21-18(22)28-16-8-5-14(23(25)26)9-12(16)10-24/h3-10H,2,11H2,1H3. The summed E-state index contributed by atoms with van der Waals surface area (Å²) in [5.74, 6) is 1.28. The van der Waals surface area contributed by atoms with Gasteiger partial charge in [-0.3, -0.25) is 14.9 Å². The van der Waals surface area contributed by atoms with Crippen LogP contribution in [0.3, 0.4) is 0 Å². The molecule has 0 amide bonds. The first-order valence-corrected chi connectivity index (χ1v) is 9.43. The van der Waals surface area contributed by atoms with Gasteiger partial charge in [0.05, 0.1) is 4.92 Å². The molecule has 8 nitrogen and oxygen atoms in total. The molecule has 28 heavy (non-hydrogen) atoms. The van der Waals surface area contributed by atoms with E-state index in [0.29, 0.717) is 39.5 Å². The molecule has 144 valence electrons. The highest BCUT2D eigenvalue weighted by Crippen LogP contribution is 2.31. The van der Waals surface area contributed by atoms with Gasteiger partial charge >= 0.3 is 0 Å². The summed E-state index contributed by atoms with van der Waals surface area (Å²) in [5, 5.41) is 20.4. The van der Waals surface area contributed by atoms with Crippen LogP contribution < -0.4 is 4.74 Å². The van der Waals surface area contributed by atoms with E-state index in [9.17, 15) is 14.9 Å². The number of carbonyl (C=O) groups excluding carboxylic acids is 1. The normalized spacial score (nSPS) is 10.6. The maximum absolute atomic E-state index is 11.3. The van der Waals surface area contributed by atoms with Crippen molar-refractivity contribution in [3.63, 3.8) is 0 Å². The summed E-state index contributed by atoms with van der Waals surface area (Å²) in [4.78, 5) is 22.2. The predicted octanol–water partition coefficient (Wildman–Crippen LogP) is 4.40. The van der Waals surface area contributed by atoms with Gasteiger partial charge in [0.25, 0.3) is 5.69 Å². The van der Waals surface area contributed by atoms with Crippen LogP contribution in [0.5, 0.6) is 5.75 Å². The van der Waals surface area contributed by atoms with Crippen molar-refractivity contribution in [1.29, 1.82) is 0 Å². The zero-order chi connectivity index (χ0) is 20.1. The smallest absolute Gasteiger partial charge is 0.270 e. The number of aldehydes is 1. The van der Waals surface area contributed by atoms with Crippen molar-refractivity contribution in [2.24, 2.45) is 0 Å². The quantitative estimate of drug-likeness (QED) is 0.303. The third-order valence-corrected chi connectivity index (χ3v) is 5.15. The van der Waals surface area contributed by atoms with Gasteiger partial charge in [0.2, 0.25) is 0 Å². The molecule has 0 bridgehead atoms. The maximum Gasteiger partial charge on any atom is 0.270 e. The van der Waals surface area contributed by atoms with Crippen LogP contribution in [-0.2, 0) is 13.2 Å². The number of hydrogen-bond donors (Lipinski definition) is 0. The second-order valence-corrected chi connectivity index (χ2v) is 7.03. The molecule has 0 N–H and O–H groups in total. The van der Waals surface area contributed by atoms with Gasteiger partial charge < -0.3 is 9.30 Å². The van der Waals surface area contributed by atoms with Crippen LogP contribution in [0.2, 0.25) is 5.02 Å². The molecule has 0 aliphatic heterocycles. The Morgan fingerprint density at radius 2 is 2.00 bits per heavy atom. The van der Waals surface area contributed by atoms with Crippen molar-refractivity contribution in [2.45, 2.75) is 30.1 Å². The molecule has 0 fully saturated rings. The van der Waals surface area contributed by atoms with Crippen LogP contribution in [0, 0.1) is 10.1 Å². The number of hydrogen-bond acceptors (Lipinski definition) is 7. The number of benzene rings is 2. The van der Waals surface area contributed by atoms with Crippen molar-refractivity contribution in [1.82, 2.24) is 14.8 Å². The third kappa shape index (κ3) is 4.49. The summed E-state index contributed by atoms with van der Waals surface area (Å²) in [6, 6.07) is 11.1. The minimum absolute atomic E-state index is 0.138. The Morgan fingerprint density at radius 3 is 2.64 bits per heavy atom. The Morgan fingerprint density at radius 1 is 1.25 bits per heavy atom. The molecule has 0 saturated carbocycles. The molecular weight excluding hydrogens is 404 g/mol. The largest absolute Gasteiger partial charge is 0.486 e. The van der Waals surface area contributed by atoms with Crippen molar-refractivity contribution < 1.29 is 14.5 Å². The Hall–Kier alpha value is -2.91. The van der Waals surface area contributed by atoms with Gasteiger partial charge in [-0.15, -0.1) is 10.2 Å². The van der Waals surface area contributed by atoms with E-state index in [4.69, 9.17) is 16.3 Å². The van der Waals surface area contributed by atoms with Gasteiger partial charge in [-0.05, 0) is 49.0 Å². The van der Waals surface area contributed by atoms with Gasteiger partial charge in [0.1, 0.15) is 12.4 Å². The van der Waals surface area contributed by atoms with Crippen molar-refractivity contribution in [3.05, 3.63) is 69.0 Å². The fourth-order valence-corrected chi connectivity index (χ4v) is 3.54. The van der Waals surface area contributed by atoms with E-state index in [1.165, 1.54) is 30.0 Å². The Bertz CT molecular complexity index is 1010. The minimum Gasteiger partial charge on any atom is -0.486 e. The van der Waals surface area contributed by atoms with E-state index in [-0.39, 0.29) is 17.9 Å². The number of nitro benzene ring substituents is 1. The molecule has 0 radical (unpaired) electrons. The SMILES string of the molecule is CCn1c(COc2ccc(Cl)cc2)nnc1Sc1ccc([N+](=O)[O-])cc1C=O. The third-order valence-electron chi connectivity index (χ3n) is 3.82. The lowest BCUT2D eigenvalue weighted by atomic mass is 10.2. The minimum atomic E-state index is -0.539. The molecule has 0 spiro atoms. The number of rotatable bonds is 8. The zero-order valence-electron chi connectivity index (χ0n) is 14.7. The van der Waals surface area contributed by atoms with Crippen LogP contribution in [0.4, 0.5) is 5.69 Å². The molecule has 10 heteroatoms. The summed E-state index contributed by atoms with van der Waals surface area (Å²) in [5.41, 5.74) is 0.0873. The first kappa shape index (κ1) is 19.8. The van der Waals surface area contributed by atoms with Gasteiger partial charge in [-0.2, -0.15) is 0 Å². The van der Waals surface area contributed by atoms with Crippen LogP contribution in [0.25, 0.3) is 0 Å². The lowest BCUT2D eigenvalue weighted by Gasteiger charge is -2.09. The molecule has 0 atom stereocenters. The maximum atomic E-state index is 11.3. The molecule has 0 aliphatic carbocycles. The summed E-state index contributed by atoms with van der Waals surface area (Å²) in [7, 11) is 0.